The number of halogens is 1. The second-order valence-corrected chi connectivity index (χ2v) is 8.13. The van der Waals surface area contributed by atoms with Crippen LogP contribution < -0.4 is 16.0 Å². The predicted molar refractivity (Wildman–Crippen MR) is 114 cm³/mol. The van der Waals surface area contributed by atoms with Crippen LogP contribution in [0.1, 0.15) is 35.6 Å². The Morgan fingerprint density at radius 1 is 1.31 bits per heavy atom. The Labute approximate surface area is 182 Å². The van der Waals surface area contributed by atoms with Crippen LogP contribution in [0, 0.1) is 12.7 Å². The van der Waals surface area contributed by atoms with E-state index in [1.807, 2.05) is 0 Å². The number of carbonyl (C=O) groups is 1. The topological polar surface area (TPSA) is 117 Å². The third kappa shape index (κ3) is 2.71. The second kappa shape index (κ2) is 7.11. The summed E-state index contributed by atoms with van der Waals surface area (Å²) in [5.74, 6) is -0.692. The fraction of sp³-hybridized carbons (Fsp3) is 0.348. The van der Waals surface area contributed by atoms with Crippen molar-refractivity contribution in [2.45, 2.75) is 39.0 Å². The first kappa shape index (κ1) is 20.6. The molecule has 166 valence electrons. The summed E-state index contributed by atoms with van der Waals surface area (Å²) in [4.78, 5) is 30.3. The summed E-state index contributed by atoms with van der Waals surface area (Å²) in [6.07, 6.45) is 0.0507. The molecule has 3 aromatic rings. The standard InChI is InChI=1S/C23H22FN3O5/c1-3-23(30)15-7-18-19-13(9-27(18)21(28)14(15)10-32-22(23)29)20(31-5-4-25)12-6-11(2)16(24)8-17(12)26-19/h6-8,30H,3-5,9-10,25H2,1-2H3/t23-/m0/s1. The molecule has 0 saturated carbocycles. The summed E-state index contributed by atoms with van der Waals surface area (Å²) < 4.78 is 26.9. The number of esters is 1. The van der Waals surface area contributed by atoms with Crippen molar-refractivity contribution < 1.29 is 23.8 Å². The first-order valence-corrected chi connectivity index (χ1v) is 10.4. The number of aromatic nitrogens is 2. The Morgan fingerprint density at radius 3 is 2.81 bits per heavy atom. The van der Waals surface area contributed by atoms with Gasteiger partial charge in [-0.1, -0.05) is 6.92 Å². The van der Waals surface area contributed by atoms with Gasteiger partial charge in [0.2, 0.25) is 0 Å². The van der Waals surface area contributed by atoms with Gasteiger partial charge in [0.15, 0.2) is 5.60 Å². The van der Waals surface area contributed by atoms with E-state index in [1.165, 1.54) is 10.6 Å². The lowest BCUT2D eigenvalue weighted by molar-refractivity contribution is -0.172. The molecule has 0 bridgehead atoms. The molecule has 32 heavy (non-hydrogen) atoms. The Kier molecular flexibility index (Phi) is 4.58. The zero-order valence-electron chi connectivity index (χ0n) is 17.7. The van der Waals surface area contributed by atoms with Crippen LogP contribution >= 0.6 is 0 Å². The molecule has 0 spiro atoms. The van der Waals surface area contributed by atoms with Crippen molar-refractivity contribution in [1.82, 2.24) is 9.55 Å². The number of nitrogens with two attached hydrogens (primary N) is 1. The molecule has 0 radical (unpaired) electrons. The molecule has 0 unspecified atom stereocenters. The number of ether oxygens (including phenoxy) is 2. The lowest BCUT2D eigenvalue weighted by Gasteiger charge is -2.31. The van der Waals surface area contributed by atoms with Gasteiger partial charge in [0.1, 0.15) is 24.8 Å². The number of nitrogens with zero attached hydrogens (tertiary/aromatic N) is 2. The van der Waals surface area contributed by atoms with E-state index in [2.05, 4.69) is 4.98 Å². The number of hydrogen-bond acceptors (Lipinski definition) is 7. The van der Waals surface area contributed by atoms with Crippen LogP contribution in [0.25, 0.3) is 22.3 Å². The molecular weight excluding hydrogens is 417 g/mol. The second-order valence-electron chi connectivity index (χ2n) is 8.13. The van der Waals surface area contributed by atoms with Gasteiger partial charge in [-0.3, -0.25) is 4.79 Å². The van der Waals surface area contributed by atoms with E-state index in [0.717, 1.165) is 0 Å². The highest BCUT2D eigenvalue weighted by Gasteiger charge is 2.45. The van der Waals surface area contributed by atoms with Gasteiger partial charge in [-0.25, -0.2) is 14.2 Å². The molecule has 0 fully saturated rings. The number of aryl methyl sites for hydroxylation is 1. The van der Waals surface area contributed by atoms with Gasteiger partial charge in [0.05, 0.1) is 29.0 Å². The smallest absolute Gasteiger partial charge is 0.343 e. The van der Waals surface area contributed by atoms with E-state index in [-0.39, 0.29) is 49.4 Å². The molecule has 0 amide bonds. The fourth-order valence-corrected chi connectivity index (χ4v) is 4.50. The highest BCUT2D eigenvalue weighted by molar-refractivity contribution is 5.92. The summed E-state index contributed by atoms with van der Waals surface area (Å²) in [7, 11) is 0. The maximum absolute atomic E-state index is 14.3. The quantitative estimate of drug-likeness (QED) is 0.466. The number of rotatable bonds is 4. The molecule has 5 rings (SSSR count). The van der Waals surface area contributed by atoms with Crippen molar-refractivity contribution in [2.75, 3.05) is 13.2 Å². The highest BCUT2D eigenvalue weighted by atomic mass is 19.1. The lowest BCUT2D eigenvalue weighted by Crippen LogP contribution is -2.44. The van der Waals surface area contributed by atoms with E-state index in [9.17, 15) is 19.1 Å². The van der Waals surface area contributed by atoms with E-state index < -0.39 is 17.4 Å². The molecule has 2 aromatic heterocycles. The van der Waals surface area contributed by atoms with Crippen LogP contribution in [0.4, 0.5) is 4.39 Å². The van der Waals surface area contributed by atoms with Gasteiger partial charge in [-0.05, 0) is 31.0 Å². The molecule has 1 atom stereocenters. The van der Waals surface area contributed by atoms with Crippen LogP contribution in [0.2, 0.25) is 0 Å². The molecule has 2 aliphatic heterocycles. The molecule has 1 aromatic carbocycles. The highest BCUT2D eigenvalue weighted by Crippen LogP contribution is 2.43. The maximum atomic E-state index is 14.3. The van der Waals surface area contributed by atoms with E-state index >= 15 is 0 Å². The molecule has 4 heterocycles. The molecule has 0 aliphatic carbocycles. The fourth-order valence-electron chi connectivity index (χ4n) is 4.50. The number of hydrogen-bond donors (Lipinski definition) is 2. The summed E-state index contributed by atoms with van der Waals surface area (Å²) in [5.41, 5.74) is 6.20. The Morgan fingerprint density at radius 2 is 2.09 bits per heavy atom. The van der Waals surface area contributed by atoms with Crippen molar-refractivity contribution in [3.8, 4) is 17.1 Å². The first-order valence-electron chi connectivity index (χ1n) is 10.4. The zero-order chi connectivity index (χ0) is 22.8. The molecule has 3 N–H and O–H groups in total. The summed E-state index contributed by atoms with van der Waals surface area (Å²) >= 11 is 0. The largest absolute Gasteiger partial charge is 0.491 e. The van der Waals surface area contributed by atoms with Crippen molar-refractivity contribution >= 4 is 16.9 Å². The van der Waals surface area contributed by atoms with Gasteiger partial charge < -0.3 is 24.9 Å². The lowest BCUT2D eigenvalue weighted by atomic mass is 9.86. The van der Waals surface area contributed by atoms with Gasteiger partial charge in [-0.2, -0.15) is 0 Å². The number of fused-ring (bicyclic) bond motifs is 5. The molecule has 2 aliphatic rings. The van der Waals surface area contributed by atoms with E-state index in [4.69, 9.17) is 15.2 Å². The average Bonchev–Trinajstić information content (AvgIpc) is 3.14. The van der Waals surface area contributed by atoms with Crippen molar-refractivity contribution in [1.29, 1.82) is 0 Å². The number of benzene rings is 1. The summed E-state index contributed by atoms with van der Waals surface area (Å²) in [6, 6.07) is 4.62. The zero-order valence-corrected chi connectivity index (χ0v) is 17.7. The van der Waals surface area contributed by atoms with Crippen LogP contribution in [0.5, 0.6) is 5.75 Å². The molecule has 9 heteroatoms. The maximum Gasteiger partial charge on any atom is 0.343 e. The molecular formula is C23H22FN3O5. The van der Waals surface area contributed by atoms with Crippen molar-refractivity contribution in [3.63, 3.8) is 0 Å². The number of pyridine rings is 2. The first-order chi connectivity index (χ1) is 15.3. The van der Waals surface area contributed by atoms with E-state index in [1.54, 1.807) is 26.0 Å². The van der Waals surface area contributed by atoms with Gasteiger partial charge in [0, 0.05) is 29.1 Å². The van der Waals surface area contributed by atoms with Crippen molar-refractivity contribution in [3.05, 3.63) is 56.6 Å². The minimum Gasteiger partial charge on any atom is -0.491 e. The predicted octanol–water partition coefficient (Wildman–Crippen LogP) is 1.86. The van der Waals surface area contributed by atoms with Crippen LogP contribution in [0.15, 0.2) is 23.0 Å². The van der Waals surface area contributed by atoms with Gasteiger partial charge >= 0.3 is 5.97 Å². The Hall–Kier alpha value is -3.30. The van der Waals surface area contributed by atoms with Gasteiger partial charge in [0.25, 0.3) is 5.56 Å². The third-order valence-corrected chi connectivity index (χ3v) is 6.28. The minimum atomic E-state index is -1.91. The monoisotopic (exact) mass is 439 g/mol. The summed E-state index contributed by atoms with van der Waals surface area (Å²) in [5, 5.41) is 11.6. The van der Waals surface area contributed by atoms with Crippen LogP contribution in [-0.4, -0.2) is 33.8 Å². The minimum absolute atomic E-state index is 0.0507. The Bertz CT molecular complexity index is 1370. The van der Waals surface area contributed by atoms with Gasteiger partial charge in [-0.15, -0.1) is 0 Å². The number of carbonyl (C=O) groups excluding carboxylic acids is 1. The van der Waals surface area contributed by atoms with Crippen LogP contribution in [-0.2, 0) is 28.3 Å². The van der Waals surface area contributed by atoms with E-state index in [0.29, 0.717) is 39.2 Å². The average molecular weight is 439 g/mol. The normalized spacial score (nSPS) is 18.8. The summed E-state index contributed by atoms with van der Waals surface area (Å²) in [6.45, 7) is 3.80. The molecule has 0 saturated heterocycles. The Balaban J connectivity index is 1.81. The number of aliphatic hydroxyl groups is 1. The SMILES string of the molecule is CC[C@@]1(O)C(=O)OCc2c1cc1n(c2=O)Cc2c-1nc1cc(F)c(C)cc1c2OCCN. The number of cyclic esters (lactones) is 1. The van der Waals surface area contributed by atoms with Crippen LogP contribution in [0.3, 0.4) is 0 Å². The molecule has 8 nitrogen and oxygen atoms in total. The van der Waals surface area contributed by atoms with Crippen molar-refractivity contribution in [2.24, 2.45) is 5.73 Å². The third-order valence-electron chi connectivity index (χ3n) is 6.28.